The number of piperidine rings is 1. The molecule has 2 N–H and O–H groups in total. The molecule has 0 aromatic heterocycles. The number of amides is 1. The van der Waals surface area contributed by atoms with Gasteiger partial charge in [0, 0.05) is 26.1 Å². The van der Waals surface area contributed by atoms with E-state index in [0.717, 1.165) is 37.8 Å². The number of hydrogen-bond acceptors (Lipinski definition) is 3. The van der Waals surface area contributed by atoms with Crippen molar-refractivity contribution in [2.24, 2.45) is 10.9 Å². The summed E-state index contributed by atoms with van der Waals surface area (Å²) in [5.74, 6) is 2.41. The van der Waals surface area contributed by atoms with Crippen molar-refractivity contribution in [2.75, 3.05) is 39.3 Å². The van der Waals surface area contributed by atoms with Gasteiger partial charge in [-0.15, -0.1) is 24.0 Å². The Balaban J connectivity index is 0.00000364. The number of para-hydroxylation sites is 1. The van der Waals surface area contributed by atoms with Gasteiger partial charge in [0.25, 0.3) is 0 Å². The number of halogens is 1. The molecule has 1 aromatic rings. The second kappa shape index (κ2) is 13.6. The number of carbonyl (C=O) groups excluding carboxylic acids is 1. The first-order valence-corrected chi connectivity index (χ1v) is 9.67. The van der Waals surface area contributed by atoms with Crippen LogP contribution in [0.15, 0.2) is 35.3 Å². The Kier molecular flexibility index (Phi) is 11.9. The normalized spacial score (nSPS) is 17.0. The number of aliphatic imine (C=N–C) groups is 1. The lowest BCUT2D eigenvalue weighted by Gasteiger charge is -2.30. The van der Waals surface area contributed by atoms with Crippen molar-refractivity contribution in [3.8, 4) is 5.75 Å². The van der Waals surface area contributed by atoms with Gasteiger partial charge < -0.3 is 20.3 Å². The molecule has 6 nitrogen and oxygen atoms in total. The third-order valence-corrected chi connectivity index (χ3v) is 4.36. The number of carbonyl (C=O) groups is 1. The van der Waals surface area contributed by atoms with E-state index in [4.69, 9.17) is 4.74 Å². The summed E-state index contributed by atoms with van der Waals surface area (Å²) in [5, 5.41) is 6.44. The van der Waals surface area contributed by atoms with Crippen LogP contribution in [0.2, 0.25) is 0 Å². The average Bonchev–Trinajstić information content (AvgIpc) is 2.66. The van der Waals surface area contributed by atoms with Crippen LogP contribution in [0.1, 0.15) is 33.1 Å². The van der Waals surface area contributed by atoms with Crippen molar-refractivity contribution >= 4 is 35.8 Å². The highest BCUT2D eigenvalue weighted by molar-refractivity contribution is 14.0. The fourth-order valence-electron chi connectivity index (χ4n) is 3.03. The number of nitrogens with one attached hydrogen (secondary N) is 2. The van der Waals surface area contributed by atoms with Crippen molar-refractivity contribution in [1.82, 2.24) is 15.5 Å². The van der Waals surface area contributed by atoms with Gasteiger partial charge >= 0.3 is 0 Å². The number of benzene rings is 1. The number of ether oxygens (including phenoxy) is 1. The van der Waals surface area contributed by atoms with Crippen LogP contribution >= 0.6 is 24.0 Å². The second-order valence-corrected chi connectivity index (χ2v) is 6.69. The molecular weight excluding hydrogens is 455 g/mol. The van der Waals surface area contributed by atoms with Crippen LogP contribution in [0.4, 0.5) is 0 Å². The lowest BCUT2D eigenvalue weighted by atomic mass is 10.00. The molecule has 1 fully saturated rings. The van der Waals surface area contributed by atoms with Gasteiger partial charge in [0.2, 0.25) is 5.91 Å². The van der Waals surface area contributed by atoms with E-state index in [1.807, 2.05) is 42.2 Å². The van der Waals surface area contributed by atoms with Gasteiger partial charge in [-0.3, -0.25) is 9.79 Å². The number of hydrogen-bond donors (Lipinski definition) is 2. The molecule has 7 heteroatoms. The van der Waals surface area contributed by atoms with Gasteiger partial charge in [0.15, 0.2) is 5.96 Å². The SMILES string of the molecule is CCNC(=NCCC(=O)N1CCCC(C)C1)NCCOc1ccccc1.I. The predicted octanol–water partition coefficient (Wildman–Crippen LogP) is 2.89. The van der Waals surface area contributed by atoms with Crippen LogP contribution < -0.4 is 15.4 Å². The summed E-state index contributed by atoms with van der Waals surface area (Å²) >= 11 is 0. The molecule has 0 aliphatic carbocycles. The van der Waals surface area contributed by atoms with E-state index in [9.17, 15) is 4.79 Å². The van der Waals surface area contributed by atoms with Crippen molar-refractivity contribution in [3.63, 3.8) is 0 Å². The third kappa shape index (κ3) is 9.30. The zero-order valence-electron chi connectivity index (χ0n) is 16.4. The molecule has 1 saturated heterocycles. The van der Waals surface area contributed by atoms with E-state index in [2.05, 4.69) is 22.5 Å². The minimum absolute atomic E-state index is 0. The Morgan fingerprint density at radius 3 is 2.78 bits per heavy atom. The van der Waals surface area contributed by atoms with Gasteiger partial charge in [0.05, 0.1) is 13.1 Å². The fourth-order valence-corrected chi connectivity index (χ4v) is 3.03. The monoisotopic (exact) mass is 488 g/mol. The van der Waals surface area contributed by atoms with Gasteiger partial charge in [-0.2, -0.15) is 0 Å². The summed E-state index contributed by atoms with van der Waals surface area (Å²) < 4.78 is 5.66. The zero-order valence-corrected chi connectivity index (χ0v) is 18.8. The largest absolute Gasteiger partial charge is 0.492 e. The standard InChI is InChI=1S/C20H32N4O2.HI/c1-3-21-20(23-13-15-26-18-9-5-4-6-10-18)22-12-11-19(25)24-14-7-8-17(2)16-24;/h4-6,9-10,17H,3,7-8,11-16H2,1-2H3,(H2,21,22,23);1H. The Bertz CT molecular complexity index is 568. The van der Waals surface area contributed by atoms with Crippen LogP contribution in [0.5, 0.6) is 5.75 Å². The molecule has 0 spiro atoms. The molecule has 1 unspecified atom stereocenters. The summed E-state index contributed by atoms with van der Waals surface area (Å²) in [6, 6.07) is 9.74. The van der Waals surface area contributed by atoms with E-state index >= 15 is 0 Å². The van der Waals surface area contributed by atoms with E-state index in [1.165, 1.54) is 6.42 Å². The number of nitrogens with zero attached hydrogens (tertiary/aromatic N) is 2. The van der Waals surface area contributed by atoms with Crippen LogP contribution in [-0.2, 0) is 4.79 Å². The molecule has 1 aliphatic heterocycles. The van der Waals surface area contributed by atoms with E-state index in [1.54, 1.807) is 0 Å². The molecule has 152 valence electrons. The summed E-state index contributed by atoms with van der Waals surface area (Å²) in [7, 11) is 0. The maximum Gasteiger partial charge on any atom is 0.224 e. The van der Waals surface area contributed by atoms with Crippen molar-refractivity contribution in [3.05, 3.63) is 30.3 Å². The first-order valence-electron chi connectivity index (χ1n) is 9.67. The molecule has 27 heavy (non-hydrogen) atoms. The number of likely N-dealkylation sites (tertiary alicyclic amines) is 1. The summed E-state index contributed by atoms with van der Waals surface area (Å²) in [6.45, 7) is 8.50. The molecule has 1 amide bonds. The Labute approximate surface area is 180 Å². The lowest BCUT2D eigenvalue weighted by molar-refractivity contribution is -0.132. The van der Waals surface area contributed by atoms with Crippen molar-refractivity contribution in [1.29, 1.82) is 0 Å². The van der Waals surface area contributed by atoms with Gasteiger partial charge in [-0.1, -0.05) is 25.1 Å². The zero-order chi connectivity index (χ0) is 18.6. The quantitative estimate of drug-likeness (QED) is 0.256. The summed E-state index contributed by atoms with van der Waals surface area (Å²) in [6.07, 6.45) is 2.80. The van der Waals surface area contributed by atoms with E-state index in [0.29, 0.717) is 32.0 Å². The first-order chi connectivity index (χ1) is 12.7. The third-order valence-electron chi connectivity index (χ3n) is 4.36. The van der Waals surface area contributed by atoms with Crippen molar-refractivity contribution in [2.45, 2.75) is 33.1 Å². The van der Waals surface area contributed by atoms with Gasteiger partial charge in [-0.05, 0) is 37.8 Å². The van der Waals surface area contributed by atoms with Crippen LogP contribution in [-0.4, -0.2) is 56.1 Å². The van der Waals surface area contributed by atoms with Crippen LogP contribution in [0, 0.1) is 5.92 Å². The molecule has 0 bridgehead atoms. The Morgan fingerprint density at radius 1 is 1.30 bits per heavy atom. The van der Waals surface area contributed by atoms with Gasteiger partial charge in [-0.25, -0.2) is 0 Å². The highest BCUT2D eigenvalue weighted by atomic mass is 127. The van der Waals surface area contributed by atoms with E-state index in [-0.39, 0.29) is 29.9 Å². The maximum atomic E-state index is 12.3. The minimum Gasteiger partial charge on any atom is -0.492 e. The number of guanidine groups is 1. The van der Waals surface area contributed by atoms with E-state index < -0.39 is 0 Å². The minimum atomic E-state index is 0. The smallest absolute Gasteiger partial charge is 0.224 e. The van der Waals surface area contributed by atoms with Crippen LogP contribution in [0.25, 0.3) is 0 Å². The molecular formula is C20H33IN4O2. The summed E-state index contributed by atoms with van der Waals surface area (Å²) in [4.78, 5) is 18.8. The lowest BCUT2D eigenvalue weighted by Crippen LogP contribution is -2.40. The molecule has 2 rings (SSSR count). The maximum absolute atomic E-state index is 12.3. The predicted molar refractivity (Wildman–Crippen MR) is 121 cm³/mol. The molecule has 1 heterocycles. The Morgan fingerprint density at radius 2 is 2.07 bits per heavy atom. The highest BCUT2D eigenvalue weighted by Crippen LogP contribution is 2.16. The molecule has 1 atom stereocenters. The van der Waals surface area contributed by atoms with Gasteiger partial charge in [0.1, 0.15) is 12.4 Å². The second-order valence-electron chi connectivity index (χ2n) is 6.69. The molecule has 1 aliphatic rings. The Hall–Kier alpha value is -1.51. The summed E-state index contributed by atoms with van der Waals surface area (Å²) in [5.41, 5.74) is 0. The molecule has 1 aromatic carbocycles. The first kappa shape index (κ1) is 23.5. The highest BCUT2D eigenvalue weighted by Gasteiger charge is 2.20. The number of rotatable bonds is 8. The molecule has 0 radical (unpaired) electrons. The fraction of sp³-hybridized carbons (Fsp3) is 0.600. The molecule has 0 saturated carbocycles. The average molecular weight is 488 g/mol. The van der Waals surface area contributed by atoms with Crippen molar-refractivity contribution < 1.29 is 9.53 Å². The topological polar surface area (TPSA) is 66.0 Å². The van der Waals surface area contributed by atoms with Crippen LogP contribution in [0.3, 0.4) is 0 Å².